The highest BCUT2D eigenvalue weighted by molar-refractivity contribution is 5.95. The molecule has 0 spiro atoms. The van der Waals surface area contributed by atoms with Crippen LogP contribution in [0.5, 0.6) is 0 Å². The third-order valence-electron chi connectivity index (χ3n) is 3.76. The summed E-state index contributed by atoms with van der Waals surface area (Å²) in [6.07, 6.45) is 1.58. The second-order valence-corrected chi connectivity index (χ2v) is 5.46. The molecule has 0 radical (unpaired) electrons. The number of amides is 1. The molecule has 1 aromatic heterocycles. The first kappa shape index (κ1) is 17.3. The number of aromatic nitrogens is 2. The lowest BCUT2D eigenvalue weighted by atomic mass is 10.1. The summed E-state index contributed by atoms with van der Waals surface area (Å²) in [5.41, 5.74) is 1.34. The van der Waals surface area contributed by atoms with Gasteiger partial charge in [-0.2, -0.15) is 5.10 Å². The second-order valence-electron chi connectivity index (χ2n) is 5.46. The van der Waals surface area contributed by atoms with E-state index in [0.29, 0.717) is 11.3 Å². The first-order valence-electron chi connectivity index (χ1n) is 7.84. The van der Waals surface area contributed by atoms with E-state index in [-0.39, 0.29) is 11.5 Å². The van der Waals surface area contributed by atoms with Crippen LogP contribution in [-0.2, 0) is 9.53 Å². The van der Waals surface area contributed by atoms with Crippen molar-refractivity contribution in [3.63, 3.8) is 0 Å². The van der Waals surface area contributed by atoms with Gasteiger partial charge >= 0.3 is 5.97 Å². The molecule has 1 atom stereocenters. The topological polar surface area (TPSA) is 73.2 Å². The Kier molecular flexibility index (Phi) is 5.07. The molecule has 0 aliphatic carbocycles. The molecular formula is C19H16FN3O3. The molecular weight excluding hydrogens is 337 g/mol. The Morgan fingerprint density at radius 3 is 2.42 bits per heavy atom. The Balaban J connectivity index is 1.80. The molecule has 0 bridgehead atoms. The monoisotopic (exact) mass is 353 g/mol. The van der Waals surface area contributed by atoms with Crippen LogP contribution < -0.4 is 5.32 Å². The molecule has 26 heavy (non-hydrogen) atoms. The highest BCUT2D eigenvalue weighted by atomic mass is 19.1. The minimum absolute atomic E-state index is 0.124. The van der Waals surface area contributed by atoms with Gasteiger partial charge < -0.3 is 10.1 Å². The fourth-order valence-electron chi connectivity index (χ4n) is 2.43. The molecule has 0 fully saturated rings. The summed E-state index contributed by atoms with van der Waals surface area (Å²) in [5.74, 6) is -1.46. The number of halogens is 1. The van der Waals surface area contributed by atoms with Crippen molar-refractivity contribution < 1.29 is 18.7 Å². The van der Waals surface area contributed by atoms with Gasteiger partial charge in [-0.25, -0.2) is 13.9 Å². The maximum Gasteiger partial charge on any atom is 0.333 e. The number of nitrogens with one attached hydrogen (secondary N) is 1. The molecule has 6 nitrogen and oxygen atoms in total. The van der Waals surface area contributed by atoms with Crippen molar-refractivity contribution in [2.75, 3.05) is 7.11 Å². The van der Waals surface area contributed by atoms with Crippen molar-refractivity contribution in [1.82, 2.24) is 15.1 Å². The molecule has 1 N–H and O–H groups in total. The minimum atomic E-state index is -0.940. The average Bonchev–Trinajstić information content (AvgIpc) is 3.17. The van der Waals surface area contributed by atoms with Crippen LogP contribution in [0.1, 0.15) is 22.1 Å². The lowest BCUT2D eigenvalue weighted by Crippen LogP contribution is -2.34. The molecule has 0 aliphatic heterocycles. The van der Waals surface area contributed by atoms with E-state index < -0.39 is 17.9 Å². The number of hydrogen-bond acceptors (Lipinski definition) is 4. The molecule has 3 rings (SSSR count). The number of nitrogens with zero attached hydrogens (tertiary/aromatic N) is 2. The molecule has 1 unspecified atom stereocenters. The van der Waals surface area contributed by atoms with E-state index in [9.17, 15) is 14.0 Å². The standard InChI is InChI=1S/C19H16FN3O3/c1-26-19(25)17(13-5-3-2-4-6-13)21-18(24)16-11-12-23(22-16)15-9-7-14(20)8-10-15/h2-12,17H,1H3,(H,21,24). The zero-order chi connectivity index (χ0) is 18.5. The molecule has 1 heterocycles. The molecule has 2 aromatic carbocycles. The zero-order valence-corrected chi connectivity index (χ0v) is 13.9. The number of carbonyl (C=O) groups excluding carboxylic acids is 2. The van der Waals surface area contributed by atoms with Gasteiger partial charge in [-0.3, -0.25) is 4.79 Å². The first-order chi connectivity index (χ1) is 12.6. The first-order valence-corrected chi connectivity index (χ1v) is 7.84. The van der Waals surface area contributed by atoms with Crippen molar-refractivity contribution in [3.8, 4) is 5.69 Å². The Morgan fingerprint density at radius 2 is 1.77 bits per heavy atom. The molecule has 7 heteroatoms. The molecule has 132 valence electrons. The normalized spacial score (nSPS) is 11.6. The van der Waals surface area contributed by atoms with E-state index in [4.69, 9.17) is 4.74 Å². The van der Waals surface area contributed by atoms with Crippen LogP contribution in [0, 0.1) is 5.82 Å². The molecule has 0 saturated heterocycles. The smallest absolute Gasteiger partial charge is 0.333 e. The minimum Gasteiger partial charge on any atom is -0.467 e. The van der Waals surface area contributed by atoms with Crippen LogP contribution in [0.3, 0.4) is 0 Å². The maximum absolute atomic E-state index is 13.0. The summed E-state index contributed by atoms with van der Waals surface area (Å²) in [5, 5.41) is 6.80. The highest BCUT2D eigenvalue weighted by Gasteiger charge is 2.24. The predicted octanol–water partition coefficient (Wildman–Crippen LogP) is 2.66. The van der Waals surface area contributed by atoms with E-state index in [1.165, 1.54) is 30.0 Å². The largest absolute Gasteiger partial charge is 0.467 e. The summed E-state index contributed by atoms with van der Waals surface area (Å²) in [6.45, 7) is 0. The molecule has 3 aromatic rings. The van der Waals surface area contributed by atoms with Crippen molar-refractivity contribution in [1.29, 1.82) is 0 Å². The Labute approximate surface area is 149 Å². The number of methoxy groups -OCH3 is 1. The van der Waals surface area contributed by atoms with E-state index in [0.717, 1.165) is 0 Å². The van der Waals surface area contributed by atoms with Crippen molar-refractivity contribution in [3.05, 3.63) is 83.9 Å². The number of hydrogen-bond donors (Lipinski definition) is 1. The summed E-state index contributed by atoms with van der Waals surface area (Å²) in [6, 6.07) is 15.1. The number of ether oxygens (including phenoxy) is 1. The maximum atomic E-state index is 13.0. The third kappa shape index (κ3) is 3.77. The number of esters is 1. The van der Waals surface area contributed by atoms with Crippen LogP contribution in [-0.4, -0.2) is 28.8 Å². The lowest BCUT2D eigenvalue weighted by Gasteiger charge is -2.16. The summed E-state index contributed by atoms with van der Waals surface area (Å²) in [4.78, 5) is 24.5. The van der Waals surface area contributed by atoms with Crippen molar-refractivity contribution in [2.45, 2.75) is 6.04 Å². The number of benzene rings is 2. The molecule has 0 saturated carbocycles. The predicted molar refractivity (Wildman–Crippen MR) is 92.2 cm³/mol. The van der Waals surface area contributed by atoms with Gasteiger partial charge in [-0.1, -0.05) is 30.3 Å². The Morgan fingerprint density at radius 1 is 1.08 bits per heavy atom. The van der Waals surface area contributed by atoms with Crippen molar-refractivity contribution >= 4 is 11.9 Å². The lowest BCUT2D eigenvalue weighted by molar-refractivity contribution is -0.143. The van der Waals surface area contributed by atoms with E-state index in [1.54, 1.807) is 42.6 Å². The van der Waals surface area contributed by atoms with E-state index >= 15 is 0 Å². The van der Waals surface area contributed by atoms with Crippen LogP contribution >= 0.6 is 0 Å². The van der Waals surface area contributed by atoms with Crippen LogP contribution in [0.2, 0.25) is 0 Å². The fourth-order valence-corrected chi connectivity index (χ4v) is 2.43. The Bertz CT molecular complexity index is 907. The van der Waals surface area contributed by atoms with Gasteiger partial charge in [0.25, 0.3) is 5.91 Å². The van der Waals surface area contributed by atoms with E-state index in [1.807, 2.05) is 6.07 Å². The second kappa shape index (κ2) is 7.60. The third-order valence-corrected chi connectivity index (χ3v) is 3.76. The summed E-state index contributed by atoms with van der Waals surface area (Å²) < 4.78 is 19.2. The zero-order valence-electron chi connectivity index (χ0n) is 13.9. The van der Waals surface area contributed by atoms with Crippen molar-refractivity contribution in [2.24, 2.45) is 0 Å². The highest BCUT2D eigenvalue weighted by Crippen LogP contribution is 2.15. The van der Waals surface area contributed by atoms with Crippen LogP contribution in [0.15, 0.2) is 66.9 Å². The number of rotatable bonds is 5. The SMILES string of the molecule is COC(=O)C(NC(=O)c1ccn(-c2ccc(F)cc2)n1)c1ccccc1. The molecule has 0 aliphatic rings. The molecule has 1 amide bonds. The van der Waals surface area contributed by atoms with Gasteiger partial charge in [0, 0.05) is 6.20 Å². The van der Waals surface area contributed by atoms with Gasteiger partial charge in [-0.05, 0) is 35.9 Å². The average molecular weight is 353 g/mol. The fraction of sp³-hybridized carbons (Fsp3) is 0.105. The van der Waals surface area contributed by atoms with E-state index in [2.05, 4.69) is 10.4 Å². The quantitative estimate of drug-likeness (QED) is 0.716. The van der Waals surface area contributed by atoms with Crippen LogP contribution in [0.25, 0.3) is 5.69 Å². The van der Waals surface area contributed by atoms with Gasteiger partial charge in [0.15, 0.2) is 11.7 Å². The number of carbonyl (C=O) groups is 2. The Hall–Kier alpha value is -3.48. The van der Waals surface area contributed by atoms with Gasteiger partial charge in [0.2, 0.25) is 0 Å². The summed E-state index contributed by atoms with van der Waals surface area (Å²) in [7, 11) is 1.26. The van der Waals surface area contributed by atoms with Gasteiger partial charge in [0.1, 0.15) is 5.82 Å². The van der Waals surface area contributed by atoms with Gasteiger partial charge in [-0.15, -0.1) is 0 Å². The summed E-state index contributed by atoms with van der Waals surface area (Å²) >= 11 is 0. The van der Waals surface area contributed by atoms with Crippen LogP contribution in [0.4, 0.5) is 4.39 Å². The van der Waals surface area contributed by atoms with Gasteiger partial charge in [0.05, 0.1) is 12.8 Å².